The monoisotopic (exact) mass is 242 g/mol. The molecule has 0 amide bonds. The molecule has 1 fully saturated rings. The molecule has 1 saturated carbocycles. The molecule has 4 rings (SSSR count). The number of fused-ring (bicyclic) bond motifs is 3. The minimum Gasteiger partial charge on any atom is -0.459 e. The third kappa shape index (κ3) is 1.17. The van der Waals surface area contributed by atoms with Crippen LogP contribution in [-0.4, -0.2) is 23.1 Å². The van der Waals surface area contributed by atoms with E-state index in [2.05, 4.69) is 24.1 Å². The van der Waals surface area contributed by atoms with Gasteiger partial charge in [-0.25, -0.2) is 4.98 Å². The van der Waals surface area contributed by atoms with Crippen LogP contribution in [0.25, 0.3) is 5.57 Å². The van der Waals surface area contributed by atoms with E-state index in [0.29, 0.717) is 5.41 Å². The first-order valence-corrected chi connectivity index (χ1v) is 6.62. The van der Waals surface area contributed by atoms with Gasteiger partial charge in [0.1, 0.15) is 18.6 Å². The highest BCUT2D eigenvalue weighted by atomic mass is 15.3. The van der Waals surface area contributed by atoms with Crippen LogP contribution in [0.4, 0.5) is 5.82 Å². The molecule has 2 aliphatic heterocycles. The van der Waals surface area contributed by atoms with E-state index < -0.39 is 0 Å². The van der Waals surface area contributed by atoms with Crippen molar-refractivity contribution in [1.29, 1.82) is 0 Å². The second-order valence-electron chi connectivity index (χ2n) is 5.85. The van der Waals surface area contributed by atoms with Gasteiger partial charge in [-0.15, -0.1) is 7.05 Å². The molecule has 0 radical (unpaired) electrons. The summed E-state index contributed by atoms with van der Waals surface area (Å²) >= 11 is 0. The third-order valence-electron chi connectivity index (χ3n) is 4.79. The van der Waals surface area contributed by atoms with Gasteiger partial charge in [-0.1, -0.05) is 6.42 Å². The van der Waals surface area contributed by atoms with E-state index in [0.717, 1.165) is 23.8 Å². The summed E-state index contributed by atoms with van der Waals surface area (Å²) in [6.45, 7) is 2.12. The Morgan fingerprint density at radius 3 is 2.83 bits per heavy atom. The Morgan fingerprint density at radius 1 is 1.28 bits per heavy atom. The van der Waals surface area contributed by atoms with E-state index in [1.54, 1.807) is 6.33 Å². The van der Waals surface area contributed by atoms with Gasteiger partial charge in [-0.05, 0) is 12.8 Å². The molecule has 1 aromatic heterocycles. The maximum Gasteiger partial charge on any atom is 0.215 e. The van der Waals surface area contributed by atoms with Gasteiger partial charge >= 0.3 is 0 Å². The number of aromatic nitrogens is 2. The lowest BCUT2D eigenvalue weighted by molar-refractivity contribution is -0.880. The second-order valence-corrected chi connectivity index (χ2v) is 5.85. The lowest BCUT2D eigenvalue weighted by atomic mass is 9.61. The van der Waals surface area contributed by atoms with Gasteiger partial charge in [-0.2, -0.15) is 12.0 Å². The Bertz CT molecular complexity index is 544. The first-order valence-electron chi connectivity index (χ1n) is 6.62. The van der Waals surface area contributed by atoms with Crippen molar-refractivity contribution in [2.75, 3.05) is 13.1 Å². The smallest absolute Gasteiger partial charge is 0.215 e. The van der Waals surface area contributed by atoms with Crippen molar-refractivity contribution in [1.82, 2.24) is 9.97 Å². The largest absolute Gasteiger partial charge is 0.459 e. The summed E-state index contributed by atoms with van der Waals surface area (Å²) in [5, 5.41) is 0. The SMILES string of the molecule is [CH2-][NH+]1CC2=C(c3cncnc3[NH+]2[CH2-])C2(CCC2)C1. The molecule has 0 saturated heterocycles. The fourth-order valence-corrected chi connectivity index (χ4v) is 3.92. The molecule has 4 heteroatoms. The summed E-state index contributed by atoms with van der Waals surface area (Å²) < 4.78 is 0. The van der Waals surface area contributed by atoms with Gasteiger partial charge in [0.25, 0.3) is 0 Å². The molecule has 1 aliphatic carbocycles. The summed E-state index contributed by atoms with van der Waals surface area (Å²) in [5.41, 5.74) is 4.47. The summed E-state index contributed by atoms with van der Waals surface area (Å²) in [6.07, 6.45) is 7.51. The van der Waals surface area contributed by atoms with Gasteiger partial charge in [-0.3, -0.25) is 0 Å². The Labute approximate surface area is 107 Å². The third-order valence-corrected chi connectivity index (χ3v) is 4.79. The van der Waals surface area contributed by atoms with Gasteiger partial charge in [0.15, 0.2) is 0 Å². The van der Waals surface area contributed by atoms with Crippen molar-refractivity contribution in [2.24, 2.45) is 5.41 Å². The normalized spacial score (nSPS) is 32.1. The topological polar surface area (TPSA) is 34.7 Å². The van der Waals surface area contributed by atoms with Crippen LogP contribution in [0.5, 0.6) is 0 Å². The Hall–Kier alpha value is -1.26. The molecule has 3 heterocycles. The lowest BCUT2D eigenvalue weighted by Gasteiger charge is -2.48. The molecule has 0 aromatic carbocycles. The Morgan fingerprint density at radius 2 is 2.11 bits per heavy atom. The first-order chi connectivity index (χ1) is 8.71. The van der Waals surface area contributed by atoms with Crippen LogP contribution in [0.3, 0.4) is 0 Å². The lowest BCUT2D eigenvalue weighted by Crippen LogP contribution is -3.14. The number of nitrogens with zero attached hydrogens (tertiary/aromatic N) is 2. The Balaban J connectivity index is 1.93. The van der Waals surface area contributed by atoms with Gasteiger partial charge in [0, 0.05) is 17.2 Å². The molecule has 0 bridgehead atoms. The van der Waals surface area contributed by atoms with E-state index in [-0.39, 0.29) is 0 Å². The number of hydrogen-bond donors (Lipinski definition) is 2. The van der Waals surface area contributed by atoms with Crippen molar-refractivity contribution in [3.8, 4) is 0 Å². The second kappa shape index (κ2) is 3.39. The van der Waals surface area contributed by atoms with E-state index in [9.17, 15) is 0 Å². The highest BCUT2D eigenvalue weighted by Crippen LogP contribution is 2.53. The molecule has 1 spiro atoms. The number of quaternary nitrogens is 2. The average Bonchev–Trinajstić information content (AvgIpc) is 2.61. The van der Waals surface area contributed by atoms with Crippen LogP contribution in [0.2, 0.25) is 0 Å². The summed E-state index contributed by atoms with van der Waals surface area (Å²) in [4.78, 5) is 11.1. The maximum atomic E-state index is 4.43. The standard InChI is InChI=1S/C14H18N4/c1-17-7-11-12(14(8-17)4-3-5-14)10-6-15-9-16-13(10)18(11)2/h6,9,17-18H,1-5,7-8H2. The molecule has 2 unspecified atom stereocenters. The zero-order valence-corrected chi connectivity index (χ0v) is 10.5. The highest BCUT2D eigenvalue weighted by molar-refractivity contribution is 5.80. The molecule has 18 heavy (non-hydrogen) atoms. The fourth-order valence-electron chi connectivity index (χ4n) is 3.92. The quantitative estimate of drug-likeness (QED) is 0.594. The highest BCUT2D eigenvalue weighted by Gasteiger charge is 2.52. The van der Waals surface area contributed by atoms with Gasteiger partial charge in [0.2, 0.25) is 5.82 Å². The van der Waals surface area contributed by atoms with Crippen LogP contribution < -0.4 is 9.80 Å². The van der Waals surface area contributed by atoms with E-state index in [1.807, 2.05) is 6.20 Å². The predicted molar refractivity (Wildman–Crippen MR) is 67.3 cm³/mol. The molecule has 4 nitrogen and oxygen atoms in total. The van der Waals surface area contributed by atoms with Crippen LogP contribution in [0, 0.1) is 19.5 Å². The van der Waals surface area contributed by atoms with Gasteiger partial charge < -0.3 is 9.80 Å². The molecular weight excluding hydrogens is 224 g/mol. The summed E-state index contributed by atoms with van der Waals surface area (Å²) in [7, 11) is 8.49. The molecular formula is C14H18N4. The molecule has 94 valence electrons. The molecule has 3 aliphatic rings. The van der Waals surface area contributed by atoms with Crippen molar-refractivity contribution < 1.29 is 9.80 Å². The molecule has 2 atom stereocenters. The van der Waals surface area contributed by atoms with E-state index >= 15 is 0 Å². The average molecular weight is 242 g/mol. The predicted octanol–water partition coefficient (Wildman–Crippen LogP) is -0.630. The minimum atomic E-state index is 0.337. The fraction of sp³-hybridized carbons (Fsp3) is 0.429. The first kappa shape index (κ1) is 10.6. The summed E-state index contributed by atoms with van der Waals surface area (Å²) in [5.74, 6) is 1.05. The van der Waals surface area contributed by atoms with Crippen LogP contribution in [0.15, 0.2) is 18.2 Å². The summed E-state index contributed by atoms with van der Waals surface area (Å²) in [6, 6.07) is 0. The zero-order valence-electron chi connectivity index (χ0n) is 10.5. The van der Waals surface area contributed by atoms with Crippen molar-refractivity contribution in [3.63, 3.8) is 0 Å². The molecule has 2 N–H and O–H groups in total. The van der Waals surface area contributed by atoms with E-state index in [4.69, 9.17) is 0 Å². The van der Waals surface area contributed by atoms with Crippen molar-refractivity contribution in [2.45, 2.75) is 19.3 Å². The number of nitrogens with one attached hydrogen (secondary N) is 2. The number of hydrogen-bond acceptors (Lipinski definition) is 2. The number of rotatable bonds is 0. The van der Waals surface area contributed by atoms with Crippen molar-refractivity contribution in [3.05, 3.63) is 37.9 Å². The van der Waals surface area contributed by atoms with Crippen molar-refractivity contribution >= 4 is 11.4 Å². The maximum absolute atomic E-state index is 4.43. The van der Waals surface area contributed by atoms with Gasteiger partial charge in [0.05, 0.1) is 12.1 Å². The minimum absolute atomic E-state index is 0.337. The van der Waals surface area contributed by atoms with Crippen LogP contribution in [-0.2, 0) is 0 Å². The van der Waals surface area contributed by atoms with Crippen LogP contribution in [0.1, 0.15) is 24.8 Å². The van der Waals surface area contributed by atoms with E-state index in [1.165, 1.54) is 41.0 Å². The van der Waals surface area contributed by atoms with Crippen LogP contribution >= 0.6 is 0 Å². The Kier molecular flexibility index (Phi) is 2.01. The zero-order chi connectivity index (χ0) is 12.3. The molecule has 1 aromatic rings.